The minimum absolute atomic E-state index is 0.0453. The van der Waals surface area contributed by atoms with Crippen molar-refractivity contribution in [3.8, 4) is 0 Å². The van der Waals surface area contributed by atoms with Crippen LogP contribution in [0.25, 0.3) is 11.0 Å². The smallest absolute Gasteiger partial charge is 0.317 e. The summed E-state index contributed by atoms with van der Waals surface area (Å²) >= 11 is 0. The van der Waals surface area contributed by atoms with Crippen molar-refractivity contribution in [1.82, 2.24) is 30.4 Å². The topological polar surface area (TPSA) is 89.7 Å². The quantitative estimate of drug-likeness (QED) is 0.669. The molecule has 0 unspecified atom stereocenters. The number of halogens is 1. The Kier molecular flexibility index (Phi) is 4.67. The summed E-state index contributed by atoms with van der Waals surface area (Å²) < 4.78 is 13.2. The molecule has 26 heavy (non-hydrogen) atoms. The van der Waals surface area contributed by atoms with Gasteiger partial charge in [-0.25, -0.2) is 14.2 Å². The van der Waals surface area contributed by atoms with E-state index in [2.05, 4.69) is 46.3 Å². The van der Waals surface area contributed by atoms with Gasteiger partial charge < -0.3 is 15.2 Å². The van der Waals surface area contributed by atoms with Crippen LogP contribution in [0.1, 0.15) is 38.0 Å². The third-order valence-electron chi connectivity index (χ3n) is 4.05. The predicted molar refractivity (Wildman–Crippen MR) is 97.0 cm³/mol. The second kappa shape index (κ2) is 6.78. The van der Waals surface area contributed by atoms with Crippen LogP contribution in [0.15, 0.2) is 24.3 Å². The van der Waals surface area contributed by atoms with Crippen LogP contribution in [-0.2, 0) is 18.5 Å². The van der Waals surface area contributed by atoms with Crippen molar-refractivity contribution < 1.29 is 9.18 Å². The van der Waals surface area contributed by atoms with Gasteiger partial charge in [0.2, 0.25) is 0 Å². The molecule has 0 aliphatic heterocycles. The molecule has 0 saturated carbocycles. The maximum atomic E-state index is 13.2. The van der Waals surface area contributed by atoms with Crippen molar-refractivity contribution in [2.24, 2.45) is 0 Å². The molecule has 0 atom stereocenters. The first kappa shape index (κ1) is 17.9. The zero-order valence-electron chi connectivity index (χ0n) is 15.4. The van der Waals surface area contributed by atoms with Crippen LogP contribution in [0, 0.1) is 5.82 Å². The number of carbonyl (C=O) groups is 1. The molecule has 3 aromatic rings. The number of aromatic nitrogens is 4. The molecule has 0 saturated heterocycles. The van der Waals surface area contributed by atoms with Crippen LogP contribution in [0.3, 0.4) is 0 Å². The first-order chi connectivity index (χ1) is 12.2. The molecule has 2 aromatic heterocycles. The summed E-state index contributed by atoms with van der Waals surface area (Å²) in [6.45, 7) is 6.91. The Morgan fingerprint density at radius 3 is 2.77 bits per heavy atom. The van der Waals surface area contributed by atoms with Crippen LogP contribution in [0.2, 0.25) is 0 Å². The number of carbonyl (C=O) groups excluding carboxylic acids is 1. The number of hydrogen-bond donors (Lipinski definition) is 3. The Bertz CT molecular complexity index is 923. The molecule has 1 aromatic carbocycles. The van der Waals surface area contributed by atoms with E-state index in [1.54, 1.807) is 18.0 Å². The van der Waals surface area contributed by atoms with E-state index < -0.39 is 0 Å². The molecule has 3 rings (SSSR count). The fraction of sp³-hybridized carbons (Fsp3) is 0.389. The van der Waals surface area contributed by atoms with Gasteiger partial charge >= 0.3 is 6.03 Å². The van der Waals surface area contributed by atoms with Gasteiger partial charge in [0.05, 0.1) is 35.5 Å². The van der Waals surface area contributed by atoms with E-state index in [0.717, 1.165) is 11.4 Å². The number of rotatable bonds is 4. The van der Waals surface area contributed by atoms with Crippen LogP contribution in [-0.4, -0.2) is 38.1 Å². The highest BCUT2D eigenvalue weighted by atomic mass is 19.1. The highest BCUT2D eigenvalue weighted by molar-refractivity contribution is 5.76. The number of benzene rings is 1. The number of nitrogens with one attached hydrogen (secondary N) is 3. The molecule has 7 nitrogen and oxygen atoms in total. The minimum Gasteiger partial charge on any atom is -0.340 e. The molecule has 0 aliphatic carbocycles. The van der Waals surface area contributed by atoms with E-state index in [0.29, 0.717) is 23.4 Å². The van der Waals surface area contributed by atoms with Crippen molar-refractivity contribution in [3.63, 3.8) is 0 Å². The molecule has 2 amide bonds. The average Bonchev–Trinajstić information content (AvgIpc) is 3.18. The number of hydrogen-bond acceptors (Lipinski definition) is 3. The van der Waals surface area contributed by atoms with Crippen molar-refractivity contribution in [2.75, 3.05) is 7.05 Å². The fourth-order valence-electron chi connectivity index (χ4n) is 2.57. The van der Waals surface area contributed by atoms with Gasteiger partial charge in [0.25, 0.3) is 0 Å². The molecule has 0 fully saturated rings. The van der Waals surface area contributed by atoms with Gasteiger partial charge in [-0.2, -0.15) is 5.10 Å². The zero-order valence-corrected chi connectivity index (χ0v) is 15.4. The minimum atomic E-state index is -0.328. The Hall–Kier alpha value is -2.90. The summed E-state index contributed by atoms with van der Waals surface area (Å²) in [7, 11) is 1.71. The molecule has 0 spiro atoms. The molecular weight excluding hydrogens is 335 g/mol. The lowest BCUT2D eigenvalue weighted by Gasteiger charge is -2.16. The third kappa shape index (κ3) is 4.01. The number of urea groups is 1. The van der Waals surface area contributed by atoms with Crippen LogP contribution < -0.4 is 5.32 Å². The Morgan fingerprint density at radius 2 is 2.08 bits per heavy atom. The molecule has 3 N–H and O–H groups in total. The van der Waals surface area contributed by atoms with Gasteiger partial charge in [0.15, 0.2) is 0 Å². The van der Waals surface area contributed by atoms with Gasteiger partial charge in [-0.1, -0.05) is 20.8 Å². The normalized spacial score (nSPS) is 11.7. The fourth-order valence-corrected chi connectivity index (χ4v) is 2.57. The summed E-state index contributed by atoms with van der Waals surface area (Å²) in [4.78, 5) is 21.2. The van der Waals surface area contributed by atoms with E-state index in [4.69, 9.17) is 0 Å². The second-order valence-electron chi connectivity index (χ2n) is 7.39. The lowest BCUT2D eigenvalue weighted by Crippen LogP contribution is -2.36. The third-order valence-corrected chi connectivity index (χ3v) is 4.05. The highest BCUT2D eigenvalue weighted by Gasteiger charge is 2.18. The van der Waals surface area contributed by atoms with E-state index in [1.807, 2.05) is 6.07 Å². The second-order valence-corrected chi connectivity index (χ2v) is 7.39. The van der Waals surface area contributed by atoms with Gasteiger partial charge in [0.1, 0.15) is 11.6 Å². The summed E-state index contributed by atoms with van der Waals surface area (Å²) in [5.41, 5.74) is 3.05. The first-order valence-corrected chi connectivity index (χ1v) is 8.40. The van der Waals surface area contributed by atoms with Crippen molar-refractivity contribution in [2.45, 2.75) is 39.3 Å². The SMILES string of the molecule is CN(Cc1cc(C(C)(C)C)n[nH]1)C(=O)NCc1nc2ccc(F)cc2[nH]1. The summed E-state index contributed by atoms with van der Waals surface area (Å²) in [6.07, 6.45) is 0. The number of H-pyrrole nitrogens is 2. The highest BCUT2D eigenvalue weighted by Crippen LogP contribution is 2.20. The molecular formula is C18H23FN6O. The van der Waals surface area contributed by atoms with Gasteiger partial charge in [-0.15, -0.1) is 0 Å². The standard InChI is InChI=1S/C18H23FN6O/c1-18(2,3)15-8-12(23-24-15)10-25(4)17(26)20-9-16-21-13-6-5-11(19)7-14(13)22-16/h5-8H,9-10H2,1-4H3,(H,20,26)(H,21,22)(H,23,24). The van der Waals surface area contributed by atoms with Crippen molar-refractivity contribution >= 4 is 17.1 Å². The van der Waals surface area contributed by atoms with Crippen LogP contribution in [0.4, 0.5) is 9.18 Å². The van der Waals surface area contributed by atoms with E-state index in [-0.39, 0.29) is 23.8 Å². The Morgan fingerprint density at radius 1 is 1.31 bits per heavy atom. The average molecular weight is 358 g/mol. The van der Waals surface area contributed by atoms with E-state index in [9.17, 15) is 9.18 Å². The molecule has 0 bridgehead atoms. The van der Waals surface area contributed by atoms with Gasteiger partial charge in [-0.3, -0.25) is 5.10 Å². The summed E-state index contributed by atoms with van der Waals surface area (Å²) in [6, 6.07) is 6.07. The summed E-state index contributed by atoms with van der Waals surface area (Å²) in [5.74, 6) is 0.245. The lowest BCUT2D eigenvalue weighted by molar-refractivity contribution is 0.205. The van der Waals surface area contributed by atoms with Gasteiger partial charge in [0, 0.05) is 12.5 Å². The predicted octanol–water partition coefficient (Wildman–Crippen LogP) is 3.06. The number of aromatic amines is 2. The Balaban J connectivity index is 1.57. The maximum Gasteiger partial charge on any atom is 0.317 e. The number of imidazole rings is 1. The van der Waals surface area contributed by atoms with Gasteiger partial charge in [-0.05, 0) is 24.3 Å². The van der Waals surface area contributed by atoms with Crippen LogP contribution in [0.5, 0.6) is 0 Å². The molecule has 0 aliphatic rings. The van der Waals surface area contributed by atoms with Crippen molar-refractivity contribution in [3.05, 3.63) is 47.3 Å². The zero-order chi connectivity index (χ0) is 18.9. The largest absolute Gasteiger partial charge is 0.340 e. The Labute approximate surface area is 151 Å². The van der Waals surface area contributed by atoms with Crippen LogP contribution >= 0.6 is 0 Å². The monoisotopic (exact) mass is 358 g/mol. The maximum absolute atomic E-state index is 13.2. The number of nitrogens with zero attached hydrogens (tertiary/aromatic N) is 3. The van der Waals surface area contributed by atoms with Crippen molar-refractivity contribution in [1.29, 1.82) is 0 Å². The molecule has 8 heteroatoms. The first-order valence-electron chi connectivity index (χ1n) is 8.40. The van der Waals surface area contributed by atoms with E-state index in [1.165, 1.54) is 12.1 Å². The summed E-state index contributed by atoms with van der Waals surface area (Å²) in [5, 5.41) is 10.1. The lowest BCUT2D eigenvalue weighted by atomic mass is 9.92. The number of fused-ring (bicyclic) bond motifs is 1. The van der Waals surface area contributed by atoms with E-state index >= 15 is 0 Å². The molecule has 2 heterocycles. The number of amides is 2. The molecule has 0 radical (unpaired) electrons. The molecule has 138 valence electrons.